The van der Waals surface area contributed by atoms with Gasteiger partial charge in [0.05, 0.1) is 39.9 Å². The third-order valence-electron chi connectivity index (χ3n) is 14.5. The van der Waals surface area contributed by atoms with E-state index in [4.69, 9.17) is 9.05 Å². The highest BCUT2D eigenvalue weighted by Gasteiger charge is 2.28. The summed E-state index contributed by atoms with van der Waals surface area (Å²) >= 11 is 0. The number of likely N-dealkylation sites (N-methyl/N-ethyl adjacent to an activating group) is 1. The highest BCUT2D eigenvalue weighted by atomic mass is 31.2. The van der Waals surface area contributed by atoms with Crippen LogP contribution >= 0.6 is 7.82 Å². The van der Waals surface area contributed by atoms with Crippen molar-refractivity contribution in [3.63, 3.8) is 0 Å². The molecule has 0 aliphatic heterocycles. The van der Waals surface area contributed by atoms with Crippen molar-refractivity contribution in [2.45, 2.75) is 315 Å². The Morgan fingerprint density at radius 2 is 0.800 bits per heavy atom. The Morgan fingerprint density at radius 1 is 0.467 bits per heavy atom. The molecule has 3 unspecified atom stereocenters. The molecule has 8 nitrogen and oxygen atoms in total. The van der Waals surface area contributed by atoms with E-state index in [9.17, 15) is 19.4 Å². The fourth-order valence-electron chi connectivity index (χ4n) is 9.55. The predicted octanol–water partition coefficient (Wildman–Crippen LogP) is 20.0. The molecule has 1 amide bonds. The molecule has 3 atom stereocenters. The van der Waals surface area contributed by atoms with Crippen LogP contribution in [-0.2, 0) is 18.4 Å². The largest absolute Gasteiger partial charge is 0.472 e. The molecule has 0 spiro atoms. The number of hydrogen-bond donors (Lipinski definition) is 3. The number of aliphatic hydroxyl groups is 1. The molecule has 0 heterocycles. The number of nitrogens with zero attached hydrogens (tertiary/aromatic N) is 1. The lowest BCUT2D eigenvalue weighted by molar-refractivity contribution is -0.870. The fourth-order valence-corrected chi connectivity index (χ4v) is 10.3. The number of rotatable bonds is 59. The number of phosphoric ester groups is 1. The second-order valence-electron chi connectivity index (χ2n) is 23.1. The van der Waals surface area contributed by atoms with E-state index in [-0.39, 0.29) is 19.1 Å². The summed E-state index contributed by atoms with van der Waals surface area (Å²) in [6, 6.07) is -0.772. The van der Waals surface area contributed by atoms with Gasteiger partial charge in [-0.15, -0.1) is 0 Å². The molecule has 3 N–H and O–H groups in total. The zero-order valence-electron chi connectivity index (χ0n) is 50.3. The van der Waals surface area contributed by atoms with E-state index in [2.05, 4.69) is 79.9 Å². The monoisotopic (exact) mass is 1070 g/mol. The van der Waals surface area contributed by atoms with Crippen molar-refractivity contribution in [3.8, 4) is 0 Å². The van der Waals surface area contributed by atoms with Crippen molar-refractivity contribution < 1.29 is 32.9 Å². The van der Waals surface area contributed by atoms with E-state index in [1.807, 2.05) is 21.1 Å². The highest BCUT2D eigenvalue weighted by molar-refractivity contribution is 7.47. The lowest BCUT2D eigenvalue weighted by Gasteiger charge is -2.26. The smallest absolute Gasteiger partial charge is 0.391 e. The summed E-state index contributed by atoms with van der Waals surface area (Å²) in [6.45, 7) is 4.80. The first-order valence-corrected chi connectivity index (χ1v) is 33.6. The van der Waals surface area contributed by atoms with Crippen LogP contribution in [0, 0.1) is 0 Å². The van der Waals surface area contributed by atoms with Gasteiger partial charge in [0, 0.05) is 6.42 Å². The van der Waals surface area contributed by atoms with Gasteiger partial charge < -0.3 is 19.8 Å². The Balaban J connectivity index is 4.10. The molecule has 0 aliphatic carbocycles. The zero-order chi connectivity index (χ0) is 54.9. The minimum absolute atomic E-state index is 0.0703. The molecule has 0 bridgehead atoms. The van der Waals surface area contributed by atoms with Crippen molar-refractivity contribution >= 4 is 13.7 Å². The van der Waals surface area contributed by atoms with Crippen molar-refractivity contribution in [1.82, 2.24) is 5.32 Å². The minimum atomic E-state index is -4.33. The average Bonchev–Trinajstić information content (AvgIpc) is 3.37. The molecule has 0 aliphatic rings. The molecule has 9 heteroatoms. The van der Waals surface area contributed by atoms with E-state index in [1.54, 1.807) is 0 Å². The summed E-state index contributed by atoms with van der Waals surface area (Å²) in [6.07, 6.45) is 77.3. The number of unbranched alkanes of at least 4 members (excludes halogenated alkanes) is 36. The van der Waals surface area contributed by atoms with Gasteiger partial charge in [-0.1, -0.05) is 299 Å². The fraction of sp³-hybridized carbons (Fsp3) is 0.833. The second-order valence-corrected chi connectivity index (χ2v) is 24.6. The van der Waals surface area contributed by atoms with E-state index in [1.165, 1.54) is 199 Å². The number of allylic oxidation sites excluding steroid dienone is 10. The van der Waals surface area contributed by atoms with Gasteiger partial charge in [0.15, 0.2) is 0 Å². The lowest BCUT2D eigenvalue weighted by Crippen LogP contribution is -2.46. The third-order valence-corrected chi connectivity index (χ3v) is 15.5. The average molecular weight is 1070 g/mol. The van der Waals surface area contributed by atoms with Gasteiger partial charge in [-0.05, 0) is 57.8 Å². The van der Waals surface area contributed by atoms with E-state index >= 15 is 0 Å². The summed E-state index contributed by atoms with van der Waals surface area (Å²) < 4.78 is 23.8. The van der Waals surface area contributed by atoms with Crippen molar-refractivity contribution in [2.75, 3.05) is 40.9 Å². The molecule has 0 saturated heterocycles. The van der Waals surface area contributed by atoms with Crippen LogP contribution < -0.4 is 5.32 Å². The molecule has 440 valence electrons. The van der Waals surface area contributed by atoms with Crippen molar-refractivity contribution in [1.29, 1.82) is 0 Å². The SMILES string of the molecule is CC/C=C\C/C=C\C/C=C\C/C=C\C/C=C\CCCCCCCCCC(=O)NC(COP(=O)(O)OCC[N+](C)(C)C)C(O)CCCCCCCCCCCCCCCCCCCCCCCCCCCCCCCC. The molecule has 0 aromatic heterocycles. The number of nitrogens with one attached hydrogen (secondary N) is 1. The Hall–Kier alpha value is -1.80. The quantitative estimate of drug-likeness (QED) is 0.0243. The number of amides is 1. The first-order chi connectivity index (χ1) is 36.5. The van der Waals surface area contributed by atoms with Gasteiger partial charge >= 0.3 is 7.82 Å². The van der Waals surface area contributed by atoms with Crippen LogP contribution in [0.1, 0.15) is 303 Å². The van der Waals surface area contributed by atoms with Crippen molar-refractivity contribution in [3.05, 3.63) is 60.8 Å². The number of phosphoric acid groups is 1. The number of hydrogen-bond acceptors (Lipinski definition) is 5. The number of quaternary nitrogens is 1. The number of carbonyl (C=O) groups is 1. The van der Waals surface area contributed by atoms with E-state index in [0.717, 1.165) is 77.0 Å². The van der Waals surface area contributed by atoms with Gasteiger partial charge in [0.1, 0.15) is 13.2 Å². The Kier molecular flexibility index (Phi) is 55.5. The van der Waals surface area contributed by atoms with Gasteiger partial charge in [-0.3, -0.25) is 13.8 Å². The summed E-state index contributed by atoms with van der Waals surface area (Å²) in [4.78, 5) is 23.4. The molecule has 0 radical (unpaired) electrons. The summed E-state index contributed by atoms with van der Waals surface area (Å²) in [5.41, 5.74) is 0. The van der Waals surface area contributed by atoms with Crippen LogP contribution in [0.5, 0.6) is 0 Å². The van der Waals surface area contributed by atoms with Crippen LogP contribution in [0.4, 0.5) is 0 Å². The standard InChI is InChI=1S/C66H125N2O6P/c1-6-8-10-12-14-16-18-20-22-24-26-28-30-31-32-33-34-35-36-38-39-41-43-45-47-49-51-53-55-57-59-65(69)64(63-74-75(71,72)73-62-61-68(3,4)5)67-66(70)60-58-56-54-52-50-48-46-44-42-40-37-29-27-25-23-21-19-17-15-13-11-9-7-2/h9,11,15,17,21,23,27,29,40,42,64-65,69H,6-8,10,12-14,16,18-20,22,24-26,28,30-39,41,43-63H2,1-5H3,(H-,67,70,71,72)/p+1/b11-9-,17-15-,23-21-,29-27-,42-40-. The van der Waals surface area contributed by atoms with Crippen molar-refractivity contribution in [2.24, 2.45) is 0 Å². The highest BCUT2D eigenvalue weighted by Crippen LogP contribution is 2.43. The third kappa shape index (κ3) is 59.7. The van der Waals surface area contributed by atoms with Gasteiger partial charge in [-0.2, -0.15) is 0 Å². The maximum Gasteiger partial charge on any atom is 0.472 e. The molecule has 0 rings (SSSR count). The topological polar surface area (TPSA) is 105 Å². The lowest BCUT2D eigenvalue weighted by atomic mass is 10.0. The normalized spacial score (nSPS) is 14.2. The van der Waals surface area contributed by atoms with Crippen LogP contribution in [-0.4, -0.2) is 73.4 Å². The van der Waals surface area contributed by atoms with Gasteiger partial charge in [0.2, 0.25) is 5.91 Å². The van der Waals surface area contributed by atoms with E-state index in [0.29, 0.717) is 23.9 Å². The molecule has 0 aromatic rings. The maximum absolute atomic E-state index is 13.0. The van der Waals surface area contributed by atoms with E-state index < -0.39 is 20.0 Å². The predicted molar refractivity (Wildman–Crippen MR) is 327 cm³/mol. The molecular formula is C66H126N2O6P+. The van der Waals surface area contributed by atoms with Crippen LogP contribution in [0.3, 0.4) is 0 Å². The Morgan fingerprint density at radius 3 is 1.17 bits per heavy atom. The molecule has 75 heavy (non-hydrogen) atoms. The Labute approximate surface area is 466 Å². The summed E-state index contributed by atoms with van der Waals surface area (Å²) in [5.74, 6) is -0.154. The zero-order valence-corrected chi connectivity index (χ0v) is 51.2. The van der Waals surface area contributed by atoms with Crippen LogP contribution in [0.15, 0.2) is 60.8 Å². The second kappa shape index (κ2) is 56.9. The number of aliphatic hydroxyl groups excluding tert-OH is 1. The Bertz CT molecular complexity index is 1400. The summed E-state index contributed by atoms with van der Waals surface area (Å²) in [7, 11) is 1.61. The van der Waals surface area contributed by atoms with Gasteiger partial charge in [0.25, 0.3) is 0 Å². The number of carbonyl (C=O) groups excluding carboxylic acids is 1. The first-order valence-electron chi connectivity index (χ1n) is 32.2. The molecule has 0 aromatic carbocycles. The molecular weight excluding hydrogens is 948 g/mol. The van der Waals surface area contributed by atoms with Crippen LogP contribution in [0.2, 0.25) is 0 Å². The minimum Gasteiger partial charge on any atom is -0.391 e. The maximum atomic E-state index is 13.0. The summed E-state index contributed by atoms with van der Waals surface area (Å²) in [5, 5.41) is 14.1. The van der Waals surface area contributed by atoms with Crippen LogP contribution in [0.25, 0.3) is 0 Å². The first kappa shape index (κ1) is 73.2. The van der Waals surface area contributed by atoms with Gasteiger partial charge in [-0.25, -0.2) is 4.57 Å². The molecule has 0 saturated carbocycles. The molecule has 0 fully saturated rings.